The number of phosphoric acid groups is 1. The fourth-order valence-corrected chi connectivity index (χ4v) is 9.11. The molecule has 0 saturated carbocycles. The van der Waals surface area contributed by atoms with Gasteiger partial charge >= 0.3 is 19.8 Å². The second-order valence-corrected chi connectivity index (χ2v) is 24.2. The first-order valence-electron chi connectivity index (χ1n) is 33.5. The number of rotatable bonds is 59. The van der Waals surface area contributed by atoms with Gasteiger partial charge in [-0.3, -0.25) is 18.6 Å². The summed E-state index contributed by atoms with van der Waals surface area (Å²) in [5.74, 6) is -0.843. The van der Waals surface area contributed by atoms with E-state index < -0.39 is 26.5 Å². The number of carbonyl (C=O) groups excluding carboxylic acids is 2. The Kier molecular flexibility index (Phi) is 60.9. The second kappa shape index (κ2) is 64.6. The fourth-order valence-electron chi connectivity index (χ4n) is 8.36. The van der Waals surface area contributed by atoms with Crippen molar-refractivity contribution < 1.29 is 42.1 Å². The molecule has 0 aliphatic rings. The topological polar surface area (TPSA) is 108 Å². The number of esters is 2. The van der Waals surface area contributed by atoms with Crippen LogP contribution in [0.2, 0.25) is 0 Å². The number of hydrogen-bond donors (Lipinski definition) is 1. The molecule has 86 heavy (non-hydrogen) atoms. The van der Waals surface area contributed by atoms with Crippen LogP contribution in [0.4, 0.5) is 0 Å². The SMILES string of the molecule is CC/C=C\C/C=C\C/C=C\C/C=C\C/C=C\C/C=C\C/C=C\C/C=C\CCCCCCC(=O)OC(COC(=O)CCCCCCCCCCCCC/C=C\C/C=C\C/C=C\C/C=C\C/C=C\C/C=C\C/C=C\CC)COP(=O)(O)OCC[N+](C)(C)C. The molecule has 484 valence electrons. The molecule has 0 aromatic heterocycles. The van der Waals surface area contributed by atoms with Crippen molar-refractivity contribution in [1.29, 1.82) is 0 Å². The van der Waals surface area contributed by atoms with Crippen LogP contribution < -0.4 is 0 Å². The fraction of sp³-hybridized carbons (Fsp3) is 0.579. The lowest BCUT2D eigenvalue weighted by Gasteiger charge is -2.24. The van der Waals surface area contributed by atoms with Gasteiger partial charge < -0.3 is 18.9 Å². The highest BCUT2D eigenvalue weighted by molar-refractivity contribution is 7.47. The van der Waals surface area contributed by atoms with E-state index in [0.717, 1.165) is 154 Å². The van der Waals surface area contributed by atoms with E-state index in [4.69, 9.17) is 18.5 Å². The van der Waals surface area contributed by atoms with Crippen LogP contribution >= 0.6 is 7.82 Å². The van der Waals surface area contributed by atoms with Crippen LogP contribution in [0.25, 0.3) is 0 Å². The molecule has 0 bridgehead atoms. The van der Waals surface area contributed by atoms with Gasteiger partial charge in [-0.15, -0.1) is 0 Å². The van der Waals surface area contributed by atoms with Gasteiger partial charge in [0.25, 0.3) is 0 Å². The second-order valence-electron chi connectivity index (χ2n) is 22.7. The molecule has 10 heteroatoms. The number of nitrogens with zero attached hydrogens (tertiary/aromatic N) is 1. The van der Waals surface area contributed by atoms with Crippen molar-refractivity contribution in [2.24, 2.45) is 0 Å². The minimum atomic E-state index is -4.41. The van der Waals surface area contributed by atoms with Crippen LogP contribution in [-0.2, 0) is 32.7 Å². The molecule has 0 saturated heterocycles. The van der Waals surface area contributed by atoms with Gasteiger partial charge in [0.1, 0.15) is 19.8 Å². The third-order valence-corrected chi connectivity index (χ3v) is 14.4. The van der Waals surface area contributed by atoms with Crippen LogP contribution in [0.15, 0.2) is 182 Å². The maximum absolute atomic E-state index is 12.9. The van der Waals surface area contributed by atoms with E-state index in [1.165, 1.54) is 44.9 Å². The first-order valence-corrected chi connectivity index (χ1v) is 35.0. The molecule has 0 aliphatic carbocycles. The lowest BCUT2D eigenvalue weighted by Crippen LogP contribution is -2.37. The number of ether oxygens (including phenoxy) is 2. The number of allylic oxidation sites excluding steroid dienone is 30. The van der Waals surface area contributed by atoms with E-state index in [1.807, 2.05) is 21.1 Å². The lowest BCUT2D eigenvalue weighted by atomic mass is 10.0. The molecule has 2 unspecified atom stereocenters. The van der Waals surface area contributed by atoms with Gasteiger partial charge in [-0.25, -0.2) is 4.57 Å². The van der Waals surface area contributed by atoms with E-state index in [2.05, 4.69) is 196 Å². The van der Waals surface area contributed by atoms with Gasteiger partial charge in [-0.2, -0.15) is 0 Å². The molecule has 0 aliphatic heterocycles. The van der Waals surface area contributed by atoms with Crippen molar-refractivity contribution in [3.63, 3.8) is 0 Å². The molecule has 0 amide bonds. The Hall–Kier alpha value is -4.89. The van der Waals surface area contributed by atoms with Crippen molar-refractivity contribution >= 4 is 19.8 Å². The zero-order chi connectivity index (χ0) is 62.6. The number of unbranched alkanes of at least 4 members (excludes halogenated alkanes) is 15. The van der Waals surface area contributed by atoms with Crippen LogP contribution in [-0.4, -0.2) is 74.9 Å². The third-order valence-electron chi connectivity index (χ3n) is 13.4. The third kappa shape index (κ3) is 68.2. The number of hydrogen-bond acceptors (Lipinski definition) is 7. The van der Waals surface area contributed by atoms with Crippen molar-refractivity contribution in [3.8, 4) is 0 Å². The molecule has 0 fully saturated rings. The van der Waals surface area contributed by atoms with Gasteiger partial charge in [0.15, 0.2) is 6.10 Å². The highest BCUT2D eigenvalue weighted by Crippen LogP contribution is 2.43. The Morgan fingerprint density at radius 2 is 0.628 bits per heavy atom. The normalized spacial score (nSPS) is 14.3. The van der Waals surface area contributed by atoms with Crippen LogP contribution in [0.3, 0.4) is 0 Å². The minimum absolute atomic E-state index is 0.0155. The maximum Gasteiger partial charge on any atom is 0.472 e. The summed E-state index contributed by atoms with van der Waals surface area (Å²) in [5, 5.41) is 0. The highest BCUT2D eigenvalue weighted by atomic mass is 31.2. The molecule has 1 N–H and O–H groups in total. The Labute approximate surface area is 527 Å². The van der Waals surface area contributed by atoms with Gasteiger partial charge in [0.2, 0.25) is 0 Å². The standard InChI is InChI=1S/C76H122NO8P/c1-6-8-10-12-14-16-18-20-22-24-26-28-30-32-34-36-37-38-39-41-42-44-46-48-50-52-54-56-58-60-62-64-66-68-75(78)82-72-74(73-84-86(80,81)83-71-70-77(3,4)5)85-76(79)69-67-65-63-61-59-57-55-53-51-49-47-45-43-40-35-33-31-29-27-25-23-21-19-17-15-13-11-9-7-2/h8-11,14-17,20-23,26-29,32-35,37-38,41-43,45,49,51,55,57,74H,6-7,12-13,18-19,24-25,30-31,36,39-40,44,46-48,50,52-54,56,58-73H2,1-5H3/p+1/b10-8-,11-9-,16-14-,17-15-,22-20-,23-21-,28-26-,29-27-,34-32-,35-33-,38-37-,42-41-,45-43-,51-49-,57-55-. The largest absolute Gasteiger partial charge is 0.472 e. The zero-order valence-corrected chi connectivity index (χ0v) is 55.9. The summed E-state index contributed by atoms with van der Waals surface area (Å²) >= 11 is 0. The summed E-state index contributed by atoms with van der Waals surface area (Å²) in [4.78, 5) is 35.8. The van der Waals surface area contributed by atoms with Crippen molar-refractivity contribution in [2.45, 2.75) is 238 Å². The summed E-state index contributed by atoms with van der Waals surface area (Å²) in [6.07, 6.45) is 99.7. The highest BCUT2D eigenvalue weighted by Gasteiger charge is 2.27. The zero-order valence-electron chi connectivity index (χ0n) is 55.0. The van der Waals surface area contributed by atoms with Gasteiger partial charge in [0, 0.05) is 12.8 Å². The van der Waals surface area contributed by atoms with Crippen molar-refractivity contribution in [3.05, 3.63) is 182 Å². The number of phosphoric ester groups is 1. The Balaban J connectivity index is 4.21. The molecule has 0 rings (SSSR count). The van der Waals surface area contributed by atoms with E-state index in [9.17, 15) is 19.0 Å². The summed E-state index contributed by atoms with van der Waals surface area (Å²) in [7, 11) is 1.43. The molecule has 0 heterocycles. The quantitative estimate of drug-likeness (QED) is 0.0211. The van der Waals surface area contributed by atoms with E-state index in [1.54, 1.807) is 0 Å². The molecule has 2 atom stereocenters. The number of likely N-dealkylation sites (N-methyl/N-ethyl adjacent to an activating group) is 1. The average Bonchev–Trinajstić information content (AvgIpc) is 3.67. The van der Waals surface area contributed by atoms with Crippen LogP contribution in [0.1, 0.15) is 232 Å². The molecule has 0 spiro atoms. The number of quaternary nitrogens is 1. The van der Waals surface area contributed by atoms with E-state index >= 15 is 0 Å². The lowest BCUT2D eigenvalue weighted by molar-refractivity contribution is -0.870. The summed E-state index contributed by atoms with van der Waals surface area (Å²) in [5.41, 5.74) is 0. The minimum Gasteiger partial charge on any atom is -0.462 e. The van der Waals surface area contributed by atoms with Crippen LogP contribution in [0, 0.1) is 0 Å². The molecule has 0 aromatic rings. The monoisotopic (exact) mass is 1210 g/mol. The molecular formula is C76H123NO8P+. The van der Waals surface area contributed by atoms with Crippen molar-refractivity contribution in [2.75, 3.05) is 47.5 Å². The molecular weight excluding hydrogens is 1090 g/mol. The Morgan fingerprint density at radius 3 is 0.930 bits per heavy atom. The van der Waals surface area contributed by atoms with Crippen LogP contribution in [0.5, 0.6) is 0 Å². The molecule has 0 radical (unpaired) electrons. The summed E-state index contributed by atoms with van der Waals surface area (Å²) in [6.45, 7) is 4.15. The summed E-state index contributed by atoms with van der Waals surface area (Å²) in [6, 6.07) is 0. The first kappa shape index (κ1) is 81.1. The summed E-state index contributed by atoms with van der Waals surface area (Å²) < 4.78 is 34.6. The Bertz CT molecular complexity index is 2100. The van der Waals surface area contributed by atoms with E-state index in [-0.39, 0.29) is 32.0 Å². The molecule has 0 aromatic carbocycles. The van der Waals surface area contributed by atoms with Gasteiger partial charge in [-0.05, 0) is 135 Å². The van der Waals surface area contributed by atoms with E-state index in [0.29, 0.717) is 17.4 Å². The maximum atomic E-state index is 12.9. The first-order chi connectivity index (χ1) is 42.0. The van der Waals surface area contributed by atoms with Gasteiger partial charge in [0.05, 0.1) is 27.7 Å². The van der Waals surface area contributed by atoms with Gasteiger partial charge in [-0.1, -0.05) is 267 Å². The predicted octanol–water partition coefficient (Wildman–Crippen LogP) is 21.9. The molecule has 9 nitrogen and oxygen atoms in total. The predicted molar refractivity (Wildman–Crippen MR) is 371 cm³/mol. The Morgan fingerprint density at radius 1 is 0.360 bits per heavy atom. The average molecular weight is 1210 g/mol. The van der Waals surface area contributed by atoms with Crippen molar-refractivity contribution in [1.82, 2.24) is 0 Å². The number of carbonyl (C=O) groups is 2. The smallest absolute Gasteiger partial charge is 0.462 e.